The Morgan fingerprint density at radius 1 is 1.37 bits per heavy atom. The summed E-state index contributed by atoms with van der Waals surface area (Å²) in [4.78, 5) is 1.80. The number of aryl methyl sites for hydroxylation is 2. The Morgan fingerprint density at radius 2 is 2.26 bits per heavy atom. The average molecular weight is 255 g/mol. The predicted molar refractivity (Wildman–Crippen MR) is 78.7 cm³/mol. The van der Waals surface area contributed by atoms with Crippen LogP contribution in [0.4, 0.5) is 0 Å². The van der Waals surface area contributed by atoms with E-state index in [-0.39, 0.29) is 0 Å². The van der Waals surface area contributed by atoms with Crippen LogP contribution in [-0.4, -0.2) is 17.7 Å². The molecule has 0 fully saturated rings. The number of benzene rings is 1. The summed E-state index contributed by atoms with van der Waals surface area (Å²) in [6, 6.07) is 7.78. The van der Waals surface area contributed by atoms with Gasteiger partial charge >= 0.3 is 0 Å². The zero-order valence-electron chi connectivity index (χ0n) is 12.0. The van der Waals surface area contributed by atoms with Gasteiger partial charge in [0.05, 0.1) is 25.3 Å². The standard InChI is InChI=1S/C17H22N2/c1-3-18-9-10-19-15-8-7-12(2)11-14(15)13-5-4-6-16(18)17(13)19/h7-8,11,16H,3-6,9-10H2,1-2H3/p+1/t16-/m0/s1. The molecule has 0 saturated carbocycles. The molecule has 0 saturated heterocycles. The third kappa shape index (κ3) is 1.53. The van der Waals surface area contributed by atoms with Crippen LogP contribution in [0.3, 0.4) is 0 Å². The summed E-state index contributed by atoms with van der Waals surface area (Å²) >= 11 is 0. The highest BCUT2D eigenvalue weighted by Gasteiger charge is 2.36. The van der Waals surface area contributed by atoms with Crippen LogP contribution < -0.4 is 4.90 Å². The van der Waals surface area contributed by atoms with Crippen LogP contribution in [-0.2, 0) is 13.0 Å². The Balaban J connectivity index is 2.01. The first kappa shape index (κ1) is 11.5. The Hall–Kier alpha value is -1.28. The van der Waals surface area contributed by atoms with E-state index in [2.05, 4.69) is 36.6 Å². The molecule has 2 nitrogen and oxygen atoms in total. The highest BCUT2D eigenvalue weighted by Crippen LogP contribution is 2.37. The fourth-order valence-corrected chi connectivity index (χ4v) is 4.33. The molecule has 19 heavy (non-hydrogen) atoms. The van der Waals surface area contributed by atoms with Crippen LogP contribution in [0.15, 0.2) is 18.2 Å². The number of aromatic nitrogens is 1. The maximum absolute atomic E-state index is 2.63. The molecule has 1 N–H and O–H groups in total. The van der Waals surface area contributed by atoms with Crippen LogP contribution in [0, 0.1) is 6.92 Å². The number of likely N-dealkylation sites (N-methyl/N-ethyl adjacent to an activating group) is 1. The average Bonchev–Trinajstić information content (AvgIpc) is 2.75. The van der Waals surface area contributed by atoms with E-state index in [4.69, 9.17) is 0 Å². The molecule has 0 radical (unpaired) electrons. The van der Waals surface area contributed by atoms with Crippen molar-refractivity contribution < 1.29 is 4.90 Å². The van der Waals surface area contributed by atoms with Gasteiger partial charge in [0.2, 0.25) is 0 Å². The van der Waals surface area contributed by atoms with E-state index in [1.165, 1.54) is 55.4 Å². The molecule has 1 aromatic heterocycles. The Labute approximate surface area is 115 Å². The van der Waals surface area contributed by atoms with Crippen LogP contribution in [0.2, 0.25) is 0 Å². The summed E-state index contributed by atoms with van der Waals surface area (Å²) in [6.45, 7) is 8.32. The van der Waals surface area contributed by atoms with Crippen molar-refractivity contribution in [3.05, 3.63) is 35.0 Å². The molecule has 0 amide bonds. The number of quaternary nitrogens is 1. The summed E-state index contributed by atoms with van der Waals surface area (Å²) in [6.07, 6.45) is 4.04. The Bertz CT molecular complexity index is 638. The largest absolute Gasteiger partial charge is 0.334 e. The third-order valence-electron chi connectivity index (χ3n) is 5.22. The van der Waals surface area contributed by atoms with Crippen molar-refractivity contribution in [3.8, 4) is 0 Å². The van der Waals surface area contributed by atoms with Gasteiger partial charge in [-0.2, -0.15) is 0 Å². The molecule has 2 aromatic rings. The summed E-state index contributed by atoms with van der Waals surface area (Å²) in [5.41, 5.74) is 6.22. The number of rotatable bonds is 1. The number of hydrogen-bond donors (Lipinski definition) is 1. The zero-order valence-corrected chi connectivity index (χ0v) is 12.0. The molecule has 2 heterocycles. The van der Waals surface area contributed by atoms with E-state index in [1.807, 2.05) is 0 Å². The highest BCUT2D eigenvalue weighted by atomic mass is 15.2. The molecular weight excluding hydrogens is 232 g/mol. The van der Waals surface area contributed by atoms with Gasteiger partial charge in [-0.25, -0.2) is 0 Å². The van der Waals surface area contributed by atoms with Gasteiger partial charge < -0.3 is 9.47 Å². The maximum atomic E-state index is 2.63. The minimum Gasteiger partial charge on any atom is -0.334 e. The lowest BCUT2D eigenvalue weighted by Gasteiger charge is -2.36. The van der Waals surface area contributed by atoms with Crippen LogP contribution in [0.5, 0.6) is 0 Å². The molecule has 4 rings (SSSR count). The summed E-state index contributed by atoms with van der Waals surface area (Å²) in [5, 5.41) is 1.54. The summed E-state index contributed by atoms with van der Waals surface area (Å²) in [7, 11) is 0. The molecular formula is C17H23N2+. The summed E-state index contributed by atoms with van der Waals surface area (Å²) in [5.74, 6) is 0. The van der Waals surface area contributed by atoms with E-state index >= 15 is 0 Å². The lowest BCUT2D eigenvalue weighted by atomic mass is 9.89. The second-order valence-corrected chi connectivity index (χ2v) is 6.24. The highest BCUT2D eigenvalue weighted by molar-refractivity contribution is 5.86. The van der Waals surface area contributed by atoms with E-state index in [0.717, 1.165) is 6.04 Å². The second-order valence-electron chi connectivity index (χ2n) is 6.24. The van der Waals surface area contributed by atoms with Crippen molar-refractivity contribution in [2.45, 2.75) is 45.7 Å². The minimum absolute atomic E-state index is 0.759. The van der Waals surface area contributed by atoms with Gasteiger partial charge in [0.25, 0.3) is 0 Å². The fraction of sp³-hybridized carbons (Fsp3) is 0.529. The second kappa shape index (κ2) is 4.11. The molecule has 1 unspecified atom stereocenters. The first-order chi connectivity index (χ1) is 9.29. The number of hydrogen-bond acceptors (Lipinski definition) is 0. The molecule has 0 bridgehead atoms. The van der Waals surface area contributed by atoms with E-state index in [9.17, 15) is 0 Å². The smallest absolute Gasteiger partial charge is 0.129 e. The summed E-state index contributed by atoms with van der Waals surface area (Å²) < 4.78 is 2.63. The fourth-order valence-electron chi connectivity index (χ4n) is 4.33. The van der Waals surface area contributed by atoms with Gasteiger partial charge in [0.15, 0.2) is 0 Å². The molecule has 1 aromatic carbocycles. The Kier molecular flexibility index (Phi) is 2.49. The van der Waals surface area contributed by atoms with Gasteiger partial charge in [-0.1, -0.05) is 11.6 Å². The normalized spacial score (nSPS) is 25.6. The molecule has 0 spiro atoms. The molecule has 2 atom stereocenters. The molecule has 2 aliphatic rings. The van der Waals surface area contributed by atoms with Gasteiger partial charge in [-0.15, -0.1) is 0 Å². The first-order valence-electron chi connectivity index (χ1n) is 7.75. The van der Waals surface area contributed by atoms with E-state index < -0.39 is 0 Å². The van der Waals surface area contributed by atoms with Crippen molar-refractivity contribution in [2.75, 3.05) is 13.1 Å². The van der Waals surface area contributed by atoms with Crippen molar-refractivity contribution in [1.29, 1.82) is 0 Å². The molecule has 100 valence electrons. The molecule has 1 aliphatic carbocycles. The van der Waals surface area contributed by atoms with Crippen LogP contribution in [0.25, 0.3) is 10.9 Å². The van der Waals surface area contributed by atoms with Crippen molar-refractivity contribution in [2.24, 2.45) is 0 Å². The predicted octanol–water partition coefficient (Wildman–Crippen LogP) is 2.25. The van der Waals surface area contributed by atoms with Crippen molar-refractivity contribution in [3.63, 3.8) is 0 Å². The van der Waals surface area contributed by atoms with Gasteiger partial charge in [0.1, 0.15) is 6.04 Å². The number of nitrogens with zero attached hydrogens (tertiary/aromatic N) is 1. The number of fused-ring (bicyclic) bond motifs is 3. The zero-order chi connectivity index (χ0) is 13.0. The van der Waals surface area contributed by atoms with Gasteiger partial charge in [0, 0.05) is 17.3 Å². The number of nitrogens with one attached hydrogen (secondary N) is 1. The lowest BCUT2D eigenvalue weighted by molar-refractivity contribution is -0.935. The van der Waals surface area contributed by atoms with Gasteiger partial charge in [-0.05, 0) is 44.4 Å². The third-order valence-corrected chi connectivity index (χ3v) is 5.22. The molecule has 1 aliphatic heterocycles. The van der Waals surface area contributed by atoms with Gasteiger partial charge in [-0.3, -0.25) is 0 Å². The van der Waals surface area contributed by atoms with Crippen molar-refractivity contribution >= 4 is 10.9 Å². The van der Waals surface area contributed by atoms with Crippen molar-refractivity contribution in [1.82, 2.24) is 4.57 Å². The quantitative estimate of drug-likeness (QED) is 0.800. The van der Waals surface area contributed by atoms with Crippen LogP contribution >= 0.6 is 0 Å². The van der Waals surface area contributed by atoms with E-state index in [0.29, 0.717) is 0 Å². The van der Waals surface area contributed by atoms with Crippen LogP contribution in [0.1, 0.15) is 42.6 Å². The minimum atomic E-state index is 0.759. The van der Waals surface area contributed by atoms with E-state index in [1.54, 1.807) is 16.2 Å². The lowest BCUT2D eigenvalue weighted by Crippen LogP contribution is -3.13. The topological polar surface area (TPSA) is 9.37 Å². The Morgan fingerprint density at radius 3 is 3.11 bits per heavy atom. The maximum Gasteiger partial charge on any atom is 0.129 e. The molecule has 2 heteroatoms. The SMILES string of the molecule is CC[NH+]1CCn2c3c(c4cc(C)ccc42)CCC[C@@H]31. The first-order valence-corrected chi connectivity index (χ1v) is 7.75. The monoisotopic (exact) mass is 255 g/mol.